The largest absolute Gasteiger partial charge is 0.346 e. The van der Waals surface area contributed by atoms with Crippen LogP contribution in [0, 0.1) is 0 Å². The van der Waals surface area contributed by atoms with Gasteiger partial charge in [0.1, 0.15) is 12.7 Å². The predicted octanol–water partition coefficient (Wildman–Crippen LogP) is 2.01. The predicted molar refractivity (Wildman–Crippen MR) is 67.7 cm³/mol. The molecule has 0 radical (unpaired) electrons. The lowest BCUT2D eigenvalue weighted by Gasteiger charge is -2.41. The van der Waals surface area contributed by atoms with Crippen LogP contribution in [0.5, 0.6) is 0 Å². The molecule has 0 aromatic carbocycles. The molecule has 1 saturated carbocycles. The first-order chi connectivity index (χ1) is 9.15. The van der Waals surface area contributed by atoms with Gasteiger partial charge < -0.3 is 9.88 Å². The highest BCUT2D eigenvalue weighted by molar-refractivity contribution is 5.97. The van der Waals surface area contributed by atoms with Crippen molar-refractivity contribution in [1.82, 2.24) is 9.88 Å². The van der Waals surface area contributed by atoms with Crippen molar-refractivity contribution in [3.05, 3.63) is 24.0 Å². The maximum atomic E-state index is 13.0. The number of nitrogens with zero attached hydrogens (tertiary/aromatic N) is 1. The van der Waals surface area contributed by atoms with Crippen molar-refractivity contribution in [2.45, 2.75) is 43.7 Å². The fraction of sp³-hybridized carbons (Fsp3) is 0.571. The normalized spacial score (nSPS) is 24.5. The summed E-state index contributed by atoms with van der Waals surface area (Å²) < 4.78 is 14.8. The number of fused-ring (bicyclic) bond motifs is 1. The van der Waals surface area contributed by atoms with E-state index < -0.39 is 12.2 Å². The van der Waals surface area contributed by atoms with Crippen molar-refractivity contribution in [3.63, 3.8) is 0 Å². The molecule has 2 aliphatic rings. The van der Waals surface area contributed by atoms with Gasteiger partial charge in [0.2, 0.25) is 5.91 Å². The number of aromatic nitrogens is 1. The van der Waals surface area contributed by atoms with E-state index in [1.807, 2.05) is 0 Å². The maximum absolute atomic E-state index is 13.0. The van der Waals surface area contributed by atoms with Crippen molar-refractivity contribution in [3.8, 4) is 0 Å². The van der Waals surface area contributed by atoms with Crippen molar-refractivity contribution < 1.29 is 14.0 Å². The molecule has 0 saturated heterocycles. The molecule has 1 N–H and O–H groups in total. The molecule has 19 heavy (non-hydrogen) atoms. The smallest absolute Gasteiger partial charge is 0.243 e. The molecule has 1 aliphatic heterocycles. The molecule has 1 aliphatic carbocycles. The molecule has 1 aromatic heterocycles. The van der Waals surface area contributed by atoms with Gasteiger partial charge in [-0.3, -0.25) is 9.59 Å². The highest BCUT2D eigenvalue weighted by Gasteiger charge is 2.41. The van der Waals surface area contributed by atoms with Crippen LogP contribution in [0.25, 0.3) is 0 Å². The summed E-state index contributed by atoms with van der Waals surface area (Å²) in [5.74, 6) is -0.0970. The molecule has 5 heteroatoms. The maximum Gasteiger partial charge on any atom is 0.243 e. The van der Waals surface area contributed by atoms with E-state index in [4.69, 9.17) is 0 Å². The van der Waals surface area contributed by atoms with Gasteiger partial charge in [0, 0.05) is 12.6 Å². The monoisotopic (exact) mass is 264 g/mol. The number of nitrogens with one attached hydrogen (secondary N) is 1. The number of hydrogen-bond acceptors (Lipinski definition) is 2. The number of ketones is 1. The van der Waals surface area contributed by atoms with Gasteiger partial charge in [-0.1, -0.05) is 0 Å². The molecule has 1 amide bonds. The van der Waals surface area contributed by atoms with E-state index in [2.05, 4.69) is 5.32 Å². The van der Waals surface area contributed by atoms with Crippen LogP contribution in [0.1, 0.15) is 48.6 Å². The highest BCUT2D eigenvalue weighted by Crippen LogP contribution is 2.34. The third-order valence-corrected chi connectivity index (χ3v) is 4.30. The van der Waals surface area contributed by atoms with Gasteiger partial charge >= 0.3 is 0 Å². The van der Waals surface area contributed by atoms with E-state index in [0.29, 0.717) is 31.4 Å². The van der Waals surface area contributed by atoms with Crippen LogP contribution >= 0.6 is 0 Å². The van der Waals surface area contributed by atoms with Gasteiger partial charge in [0.25, 0.3) is 0 Å². The first kappa shape index (κ1) is 12.4. The van der Waals surface area contributed by atoms with Gasteiger partial charge in [0.15, 0.2) is 5.78 Å². The zero-order valence-electron chi connectivity index (χ0n) is 10.7. The lowest BCUT2D eigenvalue weighted by Crippen LogP contribution is -2.57. The van der Waals surface area contributed by atoms with Crippen LogP contribution in [0.3, 0.4) is 0 Å². The quantitative estimate of drug-likeness (QED) is 0.908. The first-order valence-corrected chi connectivity index (χ1v) is 6.73. The Balaban J connectivity index is 1.78. The first-order valence-electron chi connectivity index (χ1n) is 6.73. The average molecular weight is 264 g/mol. The number of hydrogen-bond donors (Lipinski definition) is 1. The van der Waals surface area contributed by atoms with Crippen molar-refractivity contribution in [1.29, 1.82) is 0 Å². The summed E-state index contributed by atoms with van der Waals surface area (Å²) in [4.78, 5) is 24.0. The minimum Gasteiger partial charge on any atom is -0.346 e. The average Bonchev–Trinajstić information content (AvgIpc) is 2.84. The Morgan fingerprint density at radius 1 is 1.53 bits per heavy atom. The minimum atomic E-state index is -0.647. The molecule has 0 bridgehead atoms. The minimum absolute atomic E-state index is 0.0675. The Kier molecular flexibility index (Phi) is 2.92. The standard InChI is InChI=1S/C14H17FN2O2/c15-9-14(6-2-7-14)16-13(19)11-4-5-12(18)10-3-1-8-17(10)11/h1,3,8,11H,2,4-7,9H2,(H,16,19). The summed E-state index contributed by atoms with van der Waals surface area (Å²) in [6, 6.07) is 3.12. The number of halogens is 1. The van der Waals surface area contributed by atoms with Crippen LogP contribution in [0.4, 0.5) is 4.39 Å². The molecule has 0 spiro atoms. The van der Waals surface area contributed by atoms with Crippen LogP contribution in [0.2, 0.25) is 0 Å². The van der Waals surface area contributed by atoms with E-state index >= 15 is 0 Å². The summed E-state index contributed by atoms with van der Waals surface area (Å²) in [6.45, 7) is -0.511. The number of amides is 1. The van der Waals surface area contributed by atoms with Crippen molar-refractivity contribution in [2.24, 2.45) is 0 Å². The molecule has 2 heterocycles. The third-order valence-electron chi connectivity index (χ3n) is 4.30. The van der Waals surface area contributed by atoms with E-state index in [9.17, 15) is 14.0 Å². The zero-order valence-corrected chi connectivity index (χ0v) is 10.7. The Morgan fingerprint density at radius 2 is 2.32 bits per heavy atom. The molecule has 3 rings (SSSR count). The molecule has 4 nitrogen and oxygen atoms in total. The summed E-state index contributed by atoms with van der Waals surface area (Å²) in [6.07, 6.45) is 5.00. The molecule has 1 atom stereocenters. The van der Waals surface area contributed by atoms with Gasteiger partial charge in [0.05, 0.1) is 11.2 Å². The van der Waals surface area contributed by atoms with Gasteiger partial charge in [-0.25, -0.2) is 4.39 Å². The van der Waals surface area contributed by atoms with E-state index in [1.165, 1.54) is 0 Å². The molecule has 102 valence electrons. The van der Waals surface area contributed by atoms with Crippen molar-refractivity contribution in [2.75, 3.05) is 6.67 Å². The summed E-state index contributed by atoms with van der Waals surface area (Å²) in [5.41, 5.74) is -0.0689. The van der Waals surface area contributed by atoms with Crippen LogP contribution < -0.4 is 5.32 Å². The Morgan fingerprint density at radius 3 is 2.95 bits per heavy atom. The summed E-state index contributed by atoms with van der Waals surface area (Å²) in [7, 11) is 0. The topological polar surface area (TPSA) is 51.1 Å². The van der Waals surface area contributed by atoms with Crippen LogP contribution in [0.15, 0.2) is 18.3 Å². The SMILES string of the molecule is O=C1CCC(C(=O)NC2(CF)CCC2)n2cccc21. The number of rotatable bonds is 3. The number of carbonyl (C=O) groups is 2. The van der Waals surface area contributed by atoms with E-state index in [-0.39, 0.29) is 17.7 Å². The fourth-order valence-electron chi connectivity index (χ4n) is 2.93. The van der Waals surface area contributed by atoms with Crippen molar-refractivity contribution >= 4 is 11.7 Å². The second-order valence-corrected chi connectivity index (χ2v) is 5.54. The van der Waals surface area contributed by atoms with Crippen LogP contribution in [-0.2, 0) is 4.79 Å². The Labute approximate surface area is 111 Å². The van der Waals surface area contributed by atoms with Gasteiger partial charge in [-0.15, -0.1) is 0 Å². The molecule has 1 aromatic rings. The van der Waals surface area contributed by atoms with Crippen LogP contribution in [-0.4, -0.2) is 28.5 Å². The lowest BCUT2D eigenvalue weighted by atomic mass is 9.77. The zero-order chi connectivity index (χ0) is 13.5. The van der Waals surface area contributed by atoms with Gasteiger partial charge in [-0.05, 0) is 37.8 Å². The Bertz CT molecular complexity index is 514. The molecule has 1 fully saturated rings. The molecule has 1 unspecified atom stereocenters. The fourth-order valence-corrected chi connectivity index (χ4v) is 2.93. The van der Waals surface area contributed by atoms with Gasteiger partial charge in [-0.2, -0.15) is 0 Å². The Hall–Kier alpha value is -1.65. The molecular formula is C14H17FN2O2. The second kappa shape index (κ2) is 4.47. The van der Waals surface area contributed by atoms with E-state index in [0.717, 1.165) is 6.42 Å². The third kappa shape index (κ3) is 1.97. The number of alkyl halides is 1. The number of carbonyl (C=O) groups excluding carboxylic acids is 2. The molecular weight excluding hydrogens is 247 g/mol. The lowest BCUT2D eigenvalue weighted by molar-refractivity contribution is -0.128. The highest BCUT2D eigenvalue weighted by atomic mass is 19.1. The number of Topliss-reactive ketones (excluding diaryl/α,β-unsaturated/α-hetero) is 1. The summed E-state index contributed by atoms with van der Waals surface area (Å²) in [5, 5.41) is 2.85. The summed E-state index contributed by atoms with van der Waals surface area (Å²) >= 11 is 0. The van der Waals surface area contributed by atoms with E-state index in [1.54, 1.807) is 22.9 Å². The second-order valence-electron chi connectivity index (χ2n) is 5.54.